The summed E-state index contributed by atoms with van der Waals surface area (Å²) in [4.78, 5) is 0. The van der Waals surface area contributed by atoms with Crippen molar-refractivity contribution in [3.05, 3.63) is 46.7 Å². The molecule has 0 aromatic heterocycles. The minimum Gasteiger partial charge on any atom is -0.505 e. The second-order valence-corrected chi connectivity index (χ2v) is 4.90. The molecule has 2 nitrogen and oxygen atoms in total. The van der Waals surface area contributed by atoms with E-state index in [-0.39, 0.29) is 5.75 Å². The van der Waals surface area contributed by atoms with E-state index in [4.69, 9.17) is 16.3 Å². The van der Waals surface area contributed by atoms with Gasteiger partial charge in [-0.25, -0.2) is 4.39 Å². The van der Waals surface area contributed by atoms with Crippen LogP contribution in [-0.4, -0.2) is 11.7 Å². The Morgan fingerprint density at radius 2 is 2.00 bits per heavy atom. The molecular weight excluding hydrogens is 267 g/mol. The number of hydrogen-bond donors (Lipinski definition) is 1. The number of phenolic OH excluding ortho intramolecular Hbond substituents is 1. The maximum atomic E-state index is 13.8. The van der Waals surface area contributed by atoms with Crippen LogP contribution in [0.25, 0.3) is 11.1 Å². The first-order valence-corrected chi connectivity index (χ1v) is 6.48. The van der Waals surface area contributed by atoms with Crippen molar-refractivity contribution in [2.75, 3.05) is 6.61 Å². The van der Waals surface area contributed by atoms with Crippen LogP contribution in [0.1, 0.15) is 12.0 Å². The van der Waals surface area contributed by atoms with Crippen LogP contribution in [0.2, 0.25) is 5.02 Å². The molecule has 0 atom stereocenters. The zero-order valence-electron chi connectivity index (χ0n) is 10.1. The molecule has 0 amide bonds. The Bertz CT molecular complexity index is 640. The number of rotatable bonds is 1. The van der Waals surface area contributed by atoms with Gasteiger partial charge in [0.15, 0.2) is 11.6 Å². The summed E-state index contributed by atoms with van der Waals surface area (Å²) < 4.78 is 19.5. The summed E-state index contributed by atoms with van der Waals surface area (Å²) in [6, 6.07) is 8.49. The van der Waals surface area contributed by atoms with E-state index in [2.05, 4.69) is 0 Å². The van der Waals surface area contributed by atoms with Crippen LogP contribution >= 0.6 is 11.6 Å². The molecule has 19 heavy (non-hydrogen) atoms. The third-order valence-electron chi connectivity index (χ3n) is 3.28. The highest BCUT2D eigenvalue weighted by Gasteiger charge is 2.23. The summed E-state index contributed by atoms with van der Waals surface area (Å²) >= 11 is 6.15. The predicted molar refractivity (Wildman–Crippen MR) is 72.3 cm³/mol. The molecule has 0 saturated carbocycles. The van der Waals surface area contributed by atoms with Crippen molar-refractivity contribution in [3.63, 3.8) is 0 Å². The van der Waals surface area contributed by atoms with Gasteiger partial charge >= 0.3 is 0 Å². The van der Waals surface area contributed by atoms with Crippen LogP contribution in [0, 0.1) is 5.82 Å². The van der Waals surface area contributed by atoms with Crippen molar-refractivity contribution in [2.24, 2.45) is 0 Å². The fourth-order valence-corrected chi connectivity index (χ4v) is 2.61. The lowest BCUT2D eigenvalue weighted by Crippen LogP contribution is -2.10. The van der Waals surface area contributed by atoms with Crippen LogP contribution < -0.4 is 4.74 Å². The molecule has 98 valence electrons. The summed E-state index contributed by atoms with van der Waals surface area (Å²) in [6.07, 6.45) is 1.38. The van der Waals surface area contributed by atoms with Gasteiger partial charge in [0.05, 0.1) is 6.61 Å². The molecule has 1 heterocycles. The molecular formula is C15H12ClFO2. The second-order valence-electron chi connectivity index (χ2n) is 4.49. The van der Waals surface area contributed by atoms with Gasteiger partial charge < -0.3 is 9.84 Å². The molecule has 0 unspecified atom stereocenters. The quantitative estimate of drug-likeness (QED) is 0.848. The highest BCUT2D eigenvalue weighted by Crippen LogP contribution is 2.44. The maximum Gasteiger partial charge on any atom is 0.165 e. The average molecular weight is 279 g/mol. The smallest absolute Gasteiger partial charge is 0.165 e. The number of ether oxygens (including phenoxy) is 1. The number of benzene rings is 2. The van der Waals surface area contributed by atoms with E-state index >= 15 is 0 Å². The molecule has 0 saturated heterocycles. The first kappa shape index (κ1) is 12.3. The van der Waals surface area contributed by atoms with Gasteiger partial charge in [-0.05, 0) is 25.0 Å². The van der Waals surface area contributed by atoms with Gasteiger partial charge in [-0.2, -0.15) is 0 Å². The molecule has 0 spiro atoms. The van der Waals surface area contributed by atoms with Crippen LogP contribution in [-0.2, 0) is 6.42 Å². The van der Waals surface area contributed by atoms with Crippen LogP contribution in [0.5, 0.6) is 11.5 Å². The van der Waals surface area contributed by atoms with Crippen molar-refractivity contribution in [3.8, 4) is 22.6 Å². The Balaban J connectivity index is 2.27. The zero-order valence-corrected chi connectivity index (χ0v) is 10.9. The monoisotopic (exact) mass is 278 g/mol. The van der Waals surface area contributed by atoms with Gasteiger partial charge in [0.1, 0.15) is 5.75 Å². The standard InChI is InChI=1S/C15H12ClFO2/c16-12-6-2-1-4-9(12)11-8-13(17)14(18)10-5-3-7-19-15(10)11/h1-2,4,6,8,18H,3,5,7H2. The Morgan fingerprint density at radius 1 is 1.21 bits per heavy atom. The van der Waals surface area contributed by atoms with E-state index in [1.807, 2.05) is 18.2 Å². The minimum atomic E-state index is -0.640. The number of aromatic hydroxyl groups is 1. The van der Waals surface area contributed by atoms with Gasteiger partial charge in [-0.1, -0.05) is 29.8 Å². The Hall–Kier alpha value is -1.74. The predicted octanol–water partition coefficient (Wildman–Crippen LogP) is 4.18. The lowest BCUT2D eigenvalue weighted by atomic mass is 9.96. The third-order valence-corrected chi connectivity index (χ3v) is 3.61. The van der Waals surface area contributed by atoms with E-state index in [0.29, 0.717) is 40.5 Å². The highest BCUT2D eigenvalue weighted by molar-refractivity contribution is 6.33. The molecule has 4 heteroatoms. The Kier molecular flexibility index (Phi) is 3.07. The van der Waals surface area contributed by atoms with E-state index < -0.39 is 5.82 Å². The van der Waals surface area contributed by atoms with Crippen molar-refractivity contribution in [1.82, 2.24) is 0 Å². The van der Waals surface area contributed by atoms with E-state index in [0.717, 1.165) is 6.42 Å². The summed E-state index contributed by atoms with van der Waals surface area (Å²) in [5.41, 5.74) is 1.83. The highest BCUT2D eigenvalue weighted by atomic mass is 35.5. The third kappa shape index (κ3) is 2.04. The van der Waals surface area contributed by atoms with Crippen molar-refractivity contribution in [1.29, 1.82) is 0 Å². The van der Waals surface area contributed by atoms with Gasteiger partial charge in [0, 0.05) is 21.7 Å². The largest absolute Gasteiger partial charge is 0.505 e. The van der Waals surface area contributed by atoms with Crippen molar-refractivity contribution >= 4 is 11.6 Å². The number of hydrogen-bond acceptors (Lipinski definition) is 2. The van der Waals surface area contributed by atoms with Crippen molar-refractivity contribution < 1.29 is 14.2 Å². The zero-order chi connectivity index (χ0) is 13.4. The number of fused-ring (bicyclic) bond motifs is 1. The number of halogens is 2. The molecule has 0 radical (unpaired) electrons. The topological polar surface area (TPSA) is 29.5 Å². The molecule has 1 aliphatic rings. The minimum absolute atomic E-state index is 0.314. The number of phenols is 1. The summed E-state index contributed by atoms with van der Waals surface area (Å²) in [6.45, 7) is 0.565. The van der Waals surface area contributed by atoms with E-state index in [1.165, 1.54) is 6.07 Å². The average Bonchev–Trinajstić information content (AvgIpc) is 2.44. The molecule has 1 aliphatic heterocycles. The molecule has 3 rings (SSSR count). The second kappa shape index (κ2) is 4.74. The fraction of sp³-hybridized carbons (Fsp3) is 0.200. The van der Waals surface area contributed by atoms with Crippen LogP contribution in [0.3, 0.4) is 0 Å². The SMILES string of the molecule is Oc1c(F)cc(-c2ccccc2Cl)c2c1CCCO2. The Morgan fingerprint density at radius 3 is 2.79 bits per heavy atom. The van der Waals surface area contributed by atoms with Gasteiger partial charge in [-0.15, -0.1) is 0 Å². The Labute approximate surface area is 115 Å². The molecule has 0 bridgehead atoms. The fourth-order valence-electron chi connectivity index (χ4n) is 2.37. The maximum absolute atomic E-state index is 13.8. The molecule has 1 N–H and O–H groups in total. The lowest BCUT2D eigenvalue weighted by Gasteiger charge is -2.22. The summed E-state index contributed by atoms with van der Waals surface area (Å²) in [5.74, 6) is -0.414. The van der Waals surface area contributed by atoms with Gasteiger partial charge in [-0.3, -0.25) is 0 Å². The lowest BCUT2D eigenvalue weighted by molar-refractivity contribution is 0.282. The first-order chi connectivity index (χ1) is 9.18. The van der Waals surface area contributed by atoms with Gasteiger partial charge in [0.2, 0.25) is 0 Å². The summed E-state index contributed by atoms with van der Waals surface area (Å²) in [5, 5.41) is 10.3. The normalized spacial score (nSPS) is 13.8. The first-order valence-electron chi connectivity index (χ1n) is 6.10. The molecule has 2 aromatic carbocycles. The molecule has 2 aromatic rings. The molecule has 0 aliphatic carbocycles. The van der Waals surface area contributed by atoms with Crippen LogP contribution in [0.4, 0.5) is 4.39 Å². The molecule has 0 fully saturated rings. The summed E-state index contributed by atoms with van der Waals surface area (Å²) in [7, 11) is 0. The van der Waals surface area contributed by atoms with E-state index in [1.54, 1.807) is 6.07 Å². The van der Waals surface area contributed by atoms with Gasteiger partial charge in [0.25, 0.3) is 0 Å². The van der Waals surface area contributed by atoms with E-state index in [9.17, 15) is 9.50 Å². The van der Waals surface area contributed by atoms with Crippen molar-refractivity contribution in [2.45, 2.75) is 12.8 Å². The van der Waals surface area contributed by atoms with Crippen LogP contribution in [0.15, 0.2) is 30.3 Å².